The molecule has 0 amide bonds. The summed E-state index contributed by atoms with van der Waals surface area (Å²) in [5, 5.41) is 7.17. The molecule has 0 aliphatic heterocycles. The fraction of sp³-hybridized carbons (Fsp3) is 0.500. The Morgan fingerprint density at radius 1 is 1.29 bits per heavy atom. The molecule has 0 saturated carbocycles. The van der Waals surface area contributed by atoms with Crippen LogP contribution in [0.3, 0.4) is 0 Å². The zero-order valence-electron chi connectivity index (χ0n) is 10.4. The van der Waals surface area contributed by atoms with E-state index in [1.807, 2.05) is 20.8 Å². The third-order valence-corrected chi connectivity index (χ3v) is 2.71. The van der Waals surface area contributed by atoms with Crippen LogP contribution < -0.4 is 5.32 Å². The first-order chi connectivity index (χ1) is 8.20. The second-order valence-electron chi connectivity index (χ2n) is 3.98. The Kier molecular flexibility index (Phi) is 3.58. The van der Waals surface area contributed by atoms with Gasteiger partial charge in [-0.1, -0.05) is 12.1 Å². The van der Waals surface area contributed by atoms with E-state index in [-0.39, 0.29) is 0 Å². The summed E-state index contributed by atoms with van der Waals surface area (Å²) in [6.45, 7) is 7.22. The molecule has 2 rings (SSSR count). The number of hydrogen-bond donors (Lipinski definition) is 1. The Hall–Kier alpha value is -1.62. The first kappa shape index (κ1) is 11.9. The third-order valence-electron chi connectivity index (χ3n) is 2.71. The summed E-state index contributed by atoms with van der Waals surface area (Å²) in [6.07, 6.45) is 2.64. The Balaban J connectivity index is 1.87. The lowest BCUT2D eigenvalue weighted by molar-refractivity contribution is 0.391. The van der Waals surface area contributed by atoms with Crippen LogP contribution in [0.5, 0.6) is 0 Å². The summed E-state index contributed by atoms with van der Waals surface area (Å²) in [5.41, 5.74) is 2.03. The summed E-state index contributed by atoms with van der Waals surface area (Å²) in [5.74, 6) is 2.49. The summed E-state index contributed by atoms with van der Waals surface area (Å²) in [6, 6.07) is 0. The molecule has 0 unspecified atom stereocenters. The van der Waals surface area contributed by atoms with E-state index in [0.717, 1.165) is 29.2 Å². The Morgan fingerprint density at radius 2 is 2.12 bits per heavy atom. The molecular weight excluding hydrogens is 218 g/mol. The molecule has 2 aromatic heterocycles. The van der Waals surface area contributed by atoms with Crippen molar-refractivity contribution in [3.05, 3.63) is 34.9 Å². The van der Waals surface area contributed by atoms with Crippen LogP contribution in [0, 0.1) is 13.8 Å². The van der Waals surface area contributed by atoms with Crippen molar-refractivity contribution in [1.82, 2.24) is 15.5 Å². The van der Waals surface area contributed by atoms with Crippen LogP contribution in [0.15, 0.2) is 15.1 Å². The van der Waals surface area contributed by atoms with Crippen LogP contribution in [-0.4, -0.2) is 10.1 Å². The zero-order chi connectivity index (χ0) is 12.3. The van der Waals surface area contributed by atoms with E-state index in [2.05, 4.69) is 15.5 Å². The van der Waals surface area contributed by atoms with Crippen LogP contribution in [0.1, 0.15) is 35.6 Å². The van der Waals surface area contributed by atoms with Crippen molar-refractivity contribution in [2.24, 2.45) is 0 Å². The van der Waals surface area contributed by atoms with Gasteiger partial charge >= 0.3 is 0 Å². The zero-order valence-corrected chi connectivity index (χ0v) is 10.4. The standard InChI is InChI=1S/C12H17N3O2/c1-4-10-5-14-12(16-10)7-13-6-11-8(2)15-17-9(11)3/h5,13H,4,6-7H2,1-3H3. The van der Waals surface area contributed by atoms with E-state index in [4.69, 9.17) is 8.94 Å². The molecule has 5 heteroatoms. The summed E-state index contributed by atoms with van der Waals surface area (Å²) in [4.78, 5) is 4.18. The molecule has 0 bridgehead atoms. The number of nitrogens with zero attached hydrogens (tertiary/aromatic N) is 2. The topological polar surface area (TPSA) is 64.1 Å². The average molecular weight is 235 g/mol. The summed E-state index contributed by atoms with van der Waals surface area (Å²) in [7, 11) is 0. The highest BCUT2D eigenvalue weighted by Gasteiger charge is 2.08. The maximum Gasteiger partial charge on any atom is 0.208 e. The van der Waals surface area contributed by atoms with Gasteiger partial charge in [0.15, 0.2) is 0 Å². The van der Waals surface area contributed by atoms with E-state index in [0.29, 0.717) is 19.0 Å². The van der Waals surface area contributed by atoms with Crippen LogP contribution in [0.2, 0.25) is 0 Å². The van der Waals surface area contributed by atoms with Crippen molar-refractivity contribution >= 4 is 0 Å². The number of aryl methyl sites for hydroxylation is 3. The van der Waals surface area contributed by atoms with E-state index in [1.54, 1.807) is 6.20 Å². The second-order valence-corrected chi connectivity index (χ2v) is 3.98. The average Bonchev–Trinajstić information content (AvgIpc) is 2.90. The van der Waals surface area contributed by atoms with Gasteiger partial charge in [0.2, 0.25) is 5.89 Å². The Morgan fingerprint density at radius 3 is 2.71 bits per heavy atom. The van der Waals surface area contributed by atoms with Crippen LogP contribution in [0.4, 0.5) is 0 Å². The lowest BCUT2D eigenvalue weighted by Gasteiger charge is -2.01. The van der Waals surface area contributed by atoms with Crippen molar-refractivity contribution in [1.29, 1.82) is 0 Å². The molecule has 0 spiro atoms. The Bertz CT molecular complexity index is 468. The van der Waals surface area contributed by atoms with Crippen molar-refractivity contribution in [3.63, 3.8) is 0 Å². The van der Waals surface area contributed by atoms with E-state index >= 15 is 0 Å². The van der Waals surface area contributed by atoms with Gasteiger partial charge in [-0.05, 0) is 13.8 Å². The molecule has 0 radical (unpaired) electrons. The van der Waals surface area contributed by atoms with Crippen molar-refractivity contribution in [2.75, 3.05) is 0 Å². The minimum atomic E-state index is 0.615. The van der Waals surface area contributed by atoms with Gasteiger partial charge < -0.3 is 14.3 Å². The largest absolute Gasteiger partial charge is 0.444 e. The van der Waals surface area contributed by atoms with Gasteiger partial charge in [0, 0.05) is 18.5 Å². The molecule has 2 aromatic rings. The predicted molar refractivity (Wildman–Crippen MR) is 62.4 cm³/mol. The SMILES string of the molecule is CCc1cnc(CNCc2c(C)noc2C)o1. The molecule has 2 heterocycles. The fourth-order valence-corrected chi connectivity index (χ4v) is 1.64. The first-order valence-corrected chi connectivity index (χ1v) is 5.76. The smallest absolute Gasteiger partial charge is 0.208 e. The van der Waals surface area contributed by atoms with Gasteiger partial charge in [-0.15, -0.1) is 0 Å². The van der Waals surface area contributed by atoms with Crippen LogP contribution in [-0.2, 0) is 19.5 Å². The lowest BCUT2D eigenvalue weighted by Crippen LogP contribution is -2.13. The van der Waals surface area contributed by atoms with Crippen LogP contribution >= 0.6 is 0 Å². The minimum Gasteiger partial charge on any atom is -0.444 e. The summed E-state index contributed by atoms with van der Waals surface area (Å²) >= 11 is 0. The molecule has 0 aromatic carbocycles. The number of oxazole rings is 1. The van der Waals surface area contributed by atoms with E-state index < -0.39 is 0 Å². The van der Waals surface area contributed by atoms with Crippen molar-refractivity contribution in [2.45, 2.75) is 40.3 Å². The third kappa shape index (κ3) is 2.74. The molecule has 92 valence electrons. The minimum absolute atomic E-state index is 0.615. The molecule has 0 fully saturated rings. The number of aromatic nitrogens is 2. The van der Waals surface area contributed by atoms with Crippen molar-refractivity contribution < 1.29 is 8.94 Å². The monoisotopic (exact) mass is 235 g/mol. The van der Waals surface area contributed by atoms with Gasteiger partial charge in [0.05, 0.1) is 18.4 Å². The highest BCUT2D eigenvalue weighted by atomic mass is 16.5. The number of rotatable bonds is 5. The van der Waals surface area contributed by atoms with Gasteiger partial charge in [-0.2, -0.15) is 0 Å². The maximum absolute atomic E-state index is 5.50. The van der Waals surface area contributed by atoms with Gasteiger partial charge in [-0.25, -0.2) is 4.98 Å². The molecule has 0 saturated heterocycles. The van der Waals surface area contributed by atoms with Gasteiger partial charge in [0.25, 0.3) is 0 Å². The highest BCUT2D eigenvalue weighted by Crippen LogP contribution is 2.12. The molecular formula is C12H17N3O2. The van der Waals surface area contributed by atoms with Crippen molar-refractivity contribution in [3.8, 4) is 0 Å². The molecule has 0 aliphatic carbocycles. The predicted octanol–water partition coefficient (Wildman–Crippen LogP) is 2.13. The molecule has 0 atom stereocenters. The van der Waals surface area contributed by atoms with E-state index in [1.165, 1.54) is 0 Å². The quantitative estimate of drug-likeness (QED) is 0.860. The number of nitrogens with one attached hydrogen (secondary N) is 1. The van der Waals surface area contributed by atoms with E-state index in [9.17, 15) is 0 Å². The fourth-order valence-electron chi connectivity index (χ4n) is 1.64. The molecule has 5 nitrogen and oxygen atoms in total. The molecule has 17 heavy (non-hydrogen) atoms. The Labute approximate surface area is 100 Å². The summed E-state index contributed by atoms with van der Waals surface area (Å²) < 4.78 is 10.6. The van der Waals surface area contributed by atoms with Gasteiger partial charge in [0.1, 0.15) is 11.5 Å². The van der Waals surface area contributed by atoms with Gasteiger partial charge in [-0.3, -0.25) is 0 Å². The number of hydrogen-bond acceptors (Lipinski definition) is 5. The van der Waals surface area contributed by atoms with Crippen LogP contribution in [0.25, 0.3) is 0 Å². The molecule has 1 N–H and O–H groups in total. The maximum atomic E-state index is 5.50. The highest BCUT2D eigenvalue weighted by molar-refractivity contribution is 5.20. The lowest BCUT2D eigenvalue weighted by atomic mass is 10.2. The first-order valence-electron chi connectivity index (χ1n) is 5.76. The normalized spacial score (nSPS) is 11.0. The molecule has 0 aliphatic rings. The second kappa shape index (κ2) is 5.14.